The van der Waals surface area contributed by atoms with Crippen LogP contribution in [0.5, 0.6) is 0 Å². The van der Waals surface area contributed by atoms with Crippen LogP contribution in [-0.4, -0.2) is 55.2 Å². The van der Waals surface area contributed by atoms with Crippen molar-refractivity contribution in [2.75, 3.05) is 37.6 Å². The van der Waals surface area contributed by atoms with Gasteiger partial charge in [-0.1, -0.05) is 11.6 Å². The van der Waals surface area contributed by atoms with Crippen LogP contribution in [0, 0.1) is 5.41 Å². The molecule has 0 unspecified atom stereocenters. The lowest BCUT2D eigenvalue weighted by Gasteiger charge is -2.26. The molecule has 0 amide bonds. The zero-order chi connectivity index (χ0) is 20.1. The number of hydrogen-bond acceptors (Lipinski definition) is 7. The van der Waals surface area contributed by atoms with Crippen molar-refractivity contribution in [2.24, 2.45) is 0 Å². The molecule has 0 spiro atoms. The van der Waals surface area contributed by atoms with Gasteiger partial charge in [0.1, 0.15) is 16.5 Å². The first-order valence-electron chi connectivity index (χ1n) is 8.87. The fourth-order valence-corrected chi connectivity index (χ4v) is 3.00. The average molecular weight is 404 g/mol. The van der Waals surface area contributed by atoms with Crippen molar-refractivity contribution in [3.63, 3.8) is 0 Å². The highest BCUT2D eigenvalue weighted by Gasteiger charge is 2.22. The van der Waals surface area contributed by atoms with Gasteiger partial charge in [0.2, 0.25) is 0 Å². The minimum Gasteiger partial charge on any atom is -0.464 e. The Kier molecular flexibility index (Phi) is 6.43. The second-order valence-corrected chi connectivity index (χ2v) is 6.75. The molecule has 1 aliphatic heterocycles. The van der Waals surface area contributed by atoms with Crippen LogP contribution in [0.4, 0.5) is 11.4 Å². The normalized spacial score (nSPS) is 14.4. The number of amidine groups is 1. The predicted molar refractivity (Wildman–Crippen MR) is 108 cm³/mol. The molecule has 0 radical (unpaired) electrons. The lowest BCUT2D eigenvalue weighted by atomic mass is 10.1. The number of pyridine rings is 2. The molecule has 2 aromatic heterocycles. The minimum absolute atomic E-state index is 0.115. The van der Waals surface area contributed by atoms with Crippen LogP contribution >= 0.6 is 11.6 Å². The summed E-state index contributed by atoms with van der Waals surface area (Å²) in [5.41, 5.74) is 1.85. The Morgan fingerprint density at radius 2 is 2.07 bits per heavy atom. The van der Waals surface area contributed by atoms with Crippen LogP contribution in [0.2, 0.25) is 5.15 Å². The lowest BCUT2D eigenvalue weighted by Crippen LogP contribution is -2.32. The van der Waals surface area contributed by atoms with Gasteiger partial charge in [-0.05, 0) is 37.1 Å². The molecule has 2 aromatic rings. The lowest BCUT2D eigenvalue weighted by molar-refractivity contribution is 0.0594. The summed E-state index contributed by atoms with van der Waals surface area (Å²) in [6.45, 7) is 1.38. The third-order valence-corrected chi connectivity index (χ3v) is 4.75. The number of esters is 1. The quantitative estimate of drug-likeness (QED) is 0.342. The molecule has 1 saturated heterocycles. The van der Waals surface area contributed by atoms with E-state index >= 15 is 0 Å². The Labute approximate surface area is 168 Å². The Morgan fingerprint density at radius 3 is 2.71 bits per heavy atom. The number of carbonyl (C=O) groups is 1. The van der Waals surface area contributed by atoms with Gasteiger partial charge in [-0.15, -0.1) is 0 Å². The monoisotopic (exact) mass is 403 g/mol. The van der Waals surface area contributed by atoms with Gasteiger partial charge in [0.15, 0.2) is 5.84 Å². The number of nitrogens with zero attached hydrogens (tertiary/aromatic N) is 3. The van der Waals surface area contributed by atoms with Gasteiger partial charge >= 0.3 is 5.97 Å². The summed E-state index contributed by atoms with van der Waals surface area (Å²) in [4.78, 5) is 22.0. The van der Waals surface area contributed by atoms with Gasteiger partial charge in [0.05, 0.1) is 24.7 Å². The maximum absolute atomic E-state index is 11.9. The van der Waals surface area contributed by atoms with E-state index in [9.17, 15) is 4.79 Å². The summed E-state index contributed by atoms with van der Waals surface area (Å²) < 4.78 is 10.2. The zero-order valence-electron chi connectivity index (χ0n) is 15.7. The molecule has 0 saturated carbocycles. The average Bonchev–Trinajstić information content (AvgIpc) is 2.73. The molecular formula is C19H22ClN5O3. The van der Waals surface area contributed by atoms with Crippen molar-refractivity contribution < 1.29 is 14.3 Å². The summed E-state index contributed by atoms with van der Waals surface area (Å²) in [6.07, 6.45) is 3.30. The minimum atomic E-state index is -0.553. The van der Waals surface area contributed by atoms with Crippen molar-refractivity contribution in [1.29, 1.82) is 5.41 Å². The molecule has 9 heteroatoms. The zero-order valence-corrected chi connectivity index (χ0v) is 16.5. The van der Waals surface area contributed by atoms with Crippen LogP contribution in [0.25, 0.3) is 0 Å². The number of nitrogens with one attached hydrogen (secondary N) is 2. The molecule has 3 rings (SSSR count). The second kappa shape index (κ2) is 8.99. The van der Waals surface area contributed by atoms with Crippen molar-refractivity contribution in [1.82, 2.24) is 9.97 Å². The SMILES string of the molecule is COC(=O)c1ccc(NC2CCOCC2)c(C(=N)N(C)c2ccc(Cl)nc2)n1. The highest BCUT2D eigenvalue weighted by Crippen LogP contribution is 2.23. The first-order chi connectivity index (χ1) is 13.5. The van der Waals surface area contributed by atoms with Crippen LogP contribution in [0.15, 0.2) is 30.5 Å². The summed E-state index contributed by atoms with van der Waals surface area (Å²) in [7, 11) is 3.03. The van der Waals surface area contributed by atoms with Gasteiger partial charge < -0.3 is 19.7 Å². The molecule has 2 N–H and O–H groups in total. The largest absolute Gasteiger partial charge is 0.464 e. The first kappa shape index (κ1) is 20.0. The third kappa shape index (κ3) is 4.58. The van der Waals surface area contributed by atoms with Crippen molar-refractivity contribution in [2.45, 2.75) is 18.9 Å². The third-order valence-electron chi connectivity index (χ3n) is 4.53. The maximum atomic E-state index is 11.9. The van der Waals surface area contributed by atoms with E-state index in [0.29, 0.717) is 35.4 Å². The highest BCUT2D eigenvalue weighted by molar-refractivity contribution is 6.29. The van der Waals surface area contributed by atoms with Crippen molar-refractivity contribution in [3.8, 4) is 0 Å². The van der Waals surface area contributed by atoms with E-state index in [4.69, 9.17) is 26.5 Å². The number of ether oxygens (including phenoxy) is 2. The molecule has 0 aromatic carbocycles. The maximum Gasteiger partial charge on any atom is 0.356 e. The number of hydrogen-bond donors (Lipinski definition) is 2. The molecule has 148 valence electrons. The molecular weight excluding hydrogens is 382 g/mol. The number of rotatable bonds is 5. The topological polar surface area (TPSA) is 100 Å². The molecule has 0 atom stereocenters. The van der Waals surface area contributed by atoms with Crippen LogP contribution in [0.3, 0.4) is 0 Å². The predicted octanol–water partition coefficient (Wildman–Crippen LogP) is 2.97. The number of carbonyl (C=O) groups excluding carboxylic acids is 1. The Morgan fingerprint density at radius 1 is 1.32 bits per heavy atom. The Bertz CT molecular complexity index is 853. The molecule has 1 fully saturated rings. The number of aromatic nitrogens is 2. The number of anilines is 2. The van der Waals surface area contributed by atoms with E-state index in [-0.39, 0.29) is 17.6 Å². The summed E-state index contributed by atoms with van der Waals surface area (Å²) >= 11 is 5.85. The summed E-state index contributed by atoms with van der Waals surface area (Å²) in [5, 5.41) is 12.5. The molecule has 0 bridgehead atoms. The Balaban J connectivity index is 1.93. The van der Waals surface area contributed by atoms with Crippen LogP contribution in [0.1, 0.15) is 29.0 Å². The van der Waals surface area contributed by atoms with Crippen LogP contribution < -0.4 is 10.2 Å². The van der Waals surface area contributed by atoms with E-state index in [0.717, 1.165) is 12.8 Å². The molecule has 28 heavy (non-hydrogen) atoms. The molecule has 0 aliphatic carbocycles. The number of halogens is 1. The molecule has 8 nitrogen and oxygen atoms in total. The van der Waals surface area contributed by atoms with E-state index < -0.39 is 5.97 Å². The van der Waals surface area contributed by atoms with Gasteiger partial charge in [-0.3, -0.25) is 5.41 Å². The second-order valence-electron chi connectivity index (χ2n) is 6.36. The summed E-state index contributed by atoms with van der Waals surface area (Å²) in [5.74, 6) is -0.438. The number of methoxy groups -OCH3 is 1. The Hall–Kier alpha value is -2.71. The fraction of sp³-hybridized carbons (Fsp3) is 0.368. The highest BCUT2D eigenvalue weighted by atomic mass is 35.5. The van der Waals surface area contributed by atoms with Gasteiger partial charge in [-0.2, -0.15) is 0 Å². The van der Waals surface area contributed by atoms with Crippen LogP contribution in [-0.2, 0) is 9.47 Å². The smallest absolute Gasteiger partial charge is 0.356 e. The summed E-state index contributed by atoms with van der Waals surface area (Å²) in [6, 6.07) is 6.98. The molecule has 1 aliphatic rings. The van der Waals surface area contributed by atoms with E-state index in [1.807, 2.05) is 0 Å². The van der Waals surface area contributed by atoms with E-state index in [1.165, 1.54) is 7.11 Å². The van der Waals surface area contributed by atoms with E-state index in [1.54, 1.807) is 42.4 Å². The van der Waals surface area contributed by atoms with Gasteiger partial charge in [0, 0.05) is 26.3 Å². The van der Waals surface area contributed by atoms with Gasteiger partial charge in [-0.25, -0.2) is 14.8 Å². The standard InChI is InChI=1S/C19H22ClN5O3/c1-25(13-3-6-16(20)22-11-13)18(21)17-14(23-12-7-9-28-10-8-12)4-5-15(24-17)19(26)27-2/h3-6,11-12,21,23H,7-10H2,1-2H3. The molecule has 3 heterocycles. The van der Waals surface area contributed by atoms with E-state index in [2.05, 4.69) is 15.3 Å². The van der Waals surface area contributed by atoms with Crippen molar-refractivity contribution >= 4 is 34.8 Å². The first-order valence-corrected chi connectivity index (χ1v) is 9.25. The van der Waals surface area contributed by atoms with Crippen molar-refractivity contribution in [3.05, 3.63) is 47.0 Å². The fourth-order valence-electron chi connectivity index (χ4n) is 2.89. The van der Waals surface area contributed by atoms with Gasteiger partial charge in [0.25, 0.3) is 0 Å².